The van der Waals surface area contributed by atoms with Crippen LogP contribution >= 0.6 is 0 Å². The van der Waals surface area contributed by atoms with Gasteiger partial charge in [-0.1, -0.05) is 6.42 Å². The smallest absolute Gasteiger partial charge is 0.0601 e. The molecule has 0 aromatic carbocycles. The van der Waals surface area contributed by atoms with E-state index >= 15 is 0 Å². The Morgan fingerprint density at radius 3 is 2.82 bits per heavy atom. The minimum absolute atomic E-state index is 0.523. The van der Waals surface area contributed by atoms with Crippen LogP contribution in [0.25, 0.3) is 0 Å². The molecule has 0 amide bonds. The van der Waals surface area contributed by atoms with Gasteiger partial charge in [0.15, 0.2) is 0 Å². The fourth-order valence-electron chi connectivity index (χ4n) is 3.00. The molecular weight excluding hydrogens is 212 g/mol. The summed E-state index contributed by atoms with van der Waals surface area (Å²) in [5, 5.41) is 3.63. The highest BCUT2D eigenvalue weighted by Crippen LogP contribution is 2.22. The summed E-state index contributed by atoms with van der Waals surface area (Å²) in [6.45, 7) is 6.14. The number of hydrogen-bond donors (Lipinski definition) is 1. The highest BCUT2D eigenvalue weighted by atomic mass is 16.5. The summed E-state index contributed by atoms with van der Waals surface area (Å²) in [6, 6.07) is 1.53. The number of nitrogens with zero attached hydrogens (tertiary/aromatic N) is 1. The molecule has 1 aliphatic heterocycles. The SMILES string of the molecule is COC1CC(NCCCN2CCCCC2C)C1. The first kappa shape index (κ1) is 13.3. The Labute approximate surface area is 106 Å². The first-order valence-corrected chi connectivity index (χ1v) is 7.30. The van der Waals surface area contributed by atoms with E-state index in [4.69, 9.17) is 4.74 Å². The zero-order valence-electron chi connectivity index (χ0n) is 11.5. The largest absolute Gasteiger partial charge is 0.381 e. The van der Waals surface area contributed by atoms with Gasteiger partial charge in [0.1, 0.15) is 0 Å². The van der Waals surface area contributed by atoms with Gasteiger partial charge in [0.25, 0.3) is 0 Å². The van der Waals surface area contributed by atoms with Crippen LogP contribution in [0, 0.1) is 0 Å². The van der Waals surface area contributed by atoms with Gasteiger partial charge in [-0.2, -0.15) is 0 Å². The van der Waals surface area contributed by atoms with Crippen molar-refractivity contribution in [3.63, 3.8) is 0 Å². The highest BCUT2D eigenvalue weighted by molar-refractivity contribution is 4.85. The average Bonchev–Trinajstić information content (AvgIpc) is 2.28. The molecule has 1 aliphatic carbocycles. The van der Waals surface area contributed by atoms with E-state index in [2.05, 4.69) is 17.1 Å². The summed E-state index contributed by atoms with van der Waals surface area (Å²) in [6.07, 6.45) is 8.44. The van der Waals surface area contributed by atoms with Gasteiger partial charge >= 0.3 is 0 Å². The van der Waals surface area contributed by atoms with Gasteiger partial charge < -0.3 is 15.0 Å². The number of hydrogen-bond acceptors (Lipinski definition) is 3. The van der Waals surface area contributed by atoms with E-state index in [0.717, 1.165) is 12.1 Å². The lowest BCUT2D eigenvalue weighted by atomic mass is 9.89. The summed E-state index contributed by atoms with van der Waals surface area (Å²) in [5.41, 5.74) is 0. The molecule has 2 fully saturated rings. The second-order valence-corrected chi connectivity index (χ2v) is 5.71. The summed E-state index contributed by atoms with van der Waals surface area (Å²) in [5.74, 6) is 0. The third kappa shape index (κ3) is 3.94. The lowest BCUT2D eigenvalue weighted by Crippen LogP contribution is -2.46. The highest BCUT2D eigenvalue weighted by Gasteiger charge is 2.28. The molecule has 1 atom stereocenters. The first-order chi connectivity index (χ1) is 8.29. The summed E-state index contributed by atoms with van der Waals surface area (Å²) in [7, 11) is 1.82. The number of nitrogens with one attached hydrogen (secondary N) is 1. The van der Waals surface area contributed by atoms with Gasteiger partial charge in [-0.25, -0.2) is 0 Å². The Morgan fingerprint density at radius 2 is 2.12 bits per heavy atom. The van der Waals surface area contributed by atoms with Crippen LogP contribution in [0.3, 0.4) is 0 Å². The van der Waals surface area contributed by atoms with Crippen LogP contribution in [0.5, 0.6) is 0 Å². The van der Waals surface area contributed by atoms with Gasteiger partial charge in [-0.05, 0) is 58.7 Å². The molecule has 0 bridgehead atoms. The Hall–Kier alpha value is -0.120. The van der Waals surface area contributed by atoms with Crippen molar-refractivity contribution in [2.75, 3.05) is 26.7 Å². The van der Waals surface area contributed by atoms with Gasteiger partial charge in [0.2, 0.25) is 0 Å². The molecule has 100 valence electrons. The second kappa shape index (κ2) is 6.72. The predicted molar refractivity (Wildman–Crippen MR) is 71.3 cm³/mol. The standard InChI is InChI=1S/C14H28N2O/c1-12-6-3-4-8-16(12)9-5-7-15-13-10-14(11-13)17-2/h12-15H,3-11H2,1-2H3. The molecule has 0 aromatic heterocycles. The van der Waals surface area contributed by atoms with Crippen LogP contribution < -0.4 is 5.32 Å². The molecule has 1 unspecified atom stereocenters. The van der Waals surface area contributed by atoms with Crippen LogP contribution in [-0.4, -0.2) is 49.8 Å². The molecule has 1 N–H and O–H groups in total. The zero-order valence-corrected chi connectivity index (χ0v) is 11.5. The zero-order chi connectivity index (χ0) is 12.1. The lowest BCUT2D eigenvalue weighted by molar-refractivity contribution is 0.0172. The normalized spacial score (nSPS) is 34.6. The molecule has 0 spiro atoms. The molecule has 0 aromatic rings. The minimum atomic E-state index is 0.523. The van der Waals surface area contributed by atoms with E-state index in [-0.39, 0.29) is 0 Å². The van der Waals surface area contributed by atoms with Crippen molar-refractivity contribution in [2.45, 2.75) is 63.6 Å². The van der Waals surface area contributed by atoms with Crippen LogP contribution in [0.2, 0.25) is 0 Å². The molecule has 2 aliphatic rings. The summed E-state index contributed by atoms with van der Waals surface area (Å²) in [4.78, 5) is 2.66. The Bertz CT molecular complexity index is 216. The quantitative estimate of drug-likeness (QED) is 0.719. The minimum Gasteiger partial charge on any atom is -0.381 e. The molecule has 3 nitrogen and oxygen atoms in total. The van der Waals surface area contributed by atoms with E-state index in [0.29, 0.717) is 6.10 Å². The van der Waals surface area contributed by atoms with Gasteiger partial charge in [-0.3, -0.25) is 0 Å². The van der Waals surface area contributed by atoms with Crippen molar-refractivity contribution in [3.05, 3.63) is 0 Å². The first-order valence-electron chi connectivity index (χ1n) is 7.30. The number of methoxy groups -OCH3 is 1. The van der Waals surface area contributed by atoms with E-state index in [9.17, 15) is 0 Å². The Balaban J connectivity index is 1.49. The summed E-state index contributed by atoms with van der Waals surface area (Å²) >= 11 is 0. The molecule has 0 radical (unpaired) electrons. The third-order valence-corrected chi connectivity index (χ3v) is 4.42. The molecule has 1 heterocycles. The fraction of sp³-hybridized carbons (Fsp3) is 1.00. The maximum absolute atomic E-state index is 5.28. The third-order valence-electron chi connectivity index (χ3n) is 4.42. The number of piperidine rings is 1. The van der Waals surface area contributed by atoms with Crippen molar-refractivity contribution in [3.8, 4) is 0 Å². The Kier molecular flexibility index (Phi) is 5.26. The van der Waals surface area contributed by atoms with Gasteiger partial charge in [-0.15, -0.1) is 0 Å². The lowest BCUT2D eigenvalue weighted by Gasteiger charge is -2.36. The molecule has 17 heavy (non-hydrogen) atoms. The maximum Gasteiger partial charge on any atom is 0.0601 e. The molecule has 2 rings (SSSR count). The molecule has 1 saturated carbocycles. The molecule has 3 heteroatoms. The van der Waals surface area contributed by atoms with E-state index in [1.54, 1.807) is 0 Å². The van der Waals surface area contributed by atoms with Crippen molar-refractivity contribution in [2.24, 2.45) is 0 Å². The second-order valence-electron chi connectivity index (χ2n) is 5.71. The monoisotopic (exact) mass is 240 g/mol. The molecule has 1 saturated heterocycles. The number of likely N-dealkylation sites (tertiary alicyclic amines) is 1. The number of ether oxygens (including phenoxy) is 1. The van der Waals surface area contributed by atoms with Crippen LogP contribution in [0.1, 0.15) is 45.4 Å². The van der Waals surface area contributed by atoms with E-state index in [1.165, 1.54) is 58.2 Å². The Morgan fingerprint density at radius 1 is 1.29 bits per heavy atom. The van der Waals surface area contributed by atoms with Crippen molar-refractivity contribution in [1.29, 1.82) is 0 Å². The van der Waals surface area contributed by atoms with Crippen molar-refractivity contribution in [1.82, 2.24) is 10.2 Å². The van der Waals surface area contributed by atoms with Gasteiger partial charge in [0, 0.05) is 19.2 Å². The van der Waals surface area contributed by atoms with Crippen molar-refractivity contribution < 1.29 is 4.74 Å². The van der Waals surface area contributed by atoms with Crippen LogP contribution in [-0.2, 0) is 4.74 Å². The predicted octanol–water partition coefficient (Wildman–Crippen LogP) is 2.02. The van der Waals surface area contributed by atoms with E-state index < -0.39 is 0 Å². The van der Waals surface area contributed by atoms with Crippen LogP contribution in [0.15, 0.2) is 0 Å². The maximum atomic E-state index is 5.28. The van der Waals surface area contributed by atoms with Crippen molar-refractivity contribution >= 4 is 0 Å². The number of rotatable bonds is 6. The fourth-order valence-corrected chi connectivity index (χ4v) is 3.00. The average molecular weight is 240 g/mol. The van der Waals surface area contributed by atoms with E-state index in [1.807, 2.05) is 7.11 Å². The summed E-state index contributed by atoms with van der Waals surface area (Å²) < 4.78 is 5.28. The van der Waals surface area contributed by atoms with Crippen LogP contribution in [0.4, 0.5) is 0 Å². The van der Waals surface area contributed by atoms with Gasteiger partial charge in [0.05, 0.1) is 6.10 Å². The molecular formula is C14H28N2O. The topological polar surface area (TPSA) is 24.5 Å².